The molecule has 1 fully saturated rings. The molecule has 1 aromatic heterocycles. The fourth-order valence-corrected chi connectivity index (χ4v) is 3.68. The Morgan fingerprint density at radius 1 is 0.966 bits per heavy atom. The van der Waals surface area contributed by atoms with Crippen molar-refractivity contribution in [1.82, 2.24) is 14.7 Å². The molecule has 4 rings (SSSR count). The largest absolute Gasteiger partial charge is 0.352 e. The summed E-state index contributed by atoms with van der Waals surface area (Å²) in [6.07, 6.45) is 0. The van der Waals surface area contributed by atoms with Gasteiger partial charge in [0.2, 0.25) is 0 Å². The van der Waals surface area contributed by atoms with Crippen LogP contribution in [0.3, 0.4) is 0 Å². The molecule has 1 aliphatic heterocycles. The van der Waals surface area contributed by atoms with Crippen LogP contribution in [-0.2, 0) is 0 Å². The topological polar surface area (TPSA) is 58.4 Å². The summed E-state index contributed by atoms with van der Waals surface area (Å²) < 4.78 is 15.3. The predicted molar refractivity (Wildman–Crippen MR) is 112 cm³/mol. The molecule has 1 aliphatic rings. The van der Waals surface area contributed by atoms with Gasteiger partial charge in [0.05, 0.1) is 5.69 Å². The van der Waals surface area contributed by atoms with Crippen LogP contribution in [0.25, 0.3) is 5.69 Å². The SMILES string of the molecule is O=C(c1cccc(Br)c1)N1CCN(c2ccc(=O)n(-c3ccc(F)cc3)n2)CC1. The van der Waals surface area contributed by atoms with Gasteiger partial charge < -0.3 is 9.80 Å². The van der Waals surface area contributed by atoms with Crippen molar-refractivity contribution in [2.24, 2.45) is 0 Å². The third kappa shape index (κ3) is 4.22. The molecule has 0 unspecified atom stereocenters. The number of piperazine rings is 1. The lowest BCUT2D eigenvalue weighted by Crippen LogP contribution is -2.49. The van der Waals surface area contributed by atoms with Crippen molar-refractivity contribution >= 4 is 27.7 Å². The van der Waals surface area contributed by atoms with Crippen molar-refractivity contribution in [3.8, 4) is 5.69 Å². The van der Waals surface area contributed by atoms with E-state index in [1.54, 1.807) is 12.1 Å². The maximum atomic E-state index is 13.2. The highest BCUT2D eigenvalue weighted by molar-refractivity contribution is 9.10. The van der Waals surface area contributed by atoms with Crippen LogP contribution in [0, 0.1) is 5.82 Å². The first-order chi connectivity index (χ1) is 14.0. The Morgan fingerprint density at radius 2 is 1.69 bits per heavy atom. The van der Waals surface area contributed by atoms with E-state index in [1.165, 1.54) is 35.0 Å². The molecule has 0 spiro atoms. The van der Waals surface area contributed by atoms with E-state index in [0.717, 1.165) is 4.47 Å². The van der Waals surface area contributed by atoms with E-state index in [1.807, 2.05) is 28.0 Å². The van der Waals surface area contributed by atoms with Crippen LogP contribution in [-0.4, -0.2) is 46.8 Å². The number of halogens is 2. The number of hydrogen-bond acceptors (Lipinski definition) is 4. The van der Waals surface area contributed by atoms with E-state index < -0.39 is 0 Å². The van der Waals surface area contributed by atoms with Gasteiger partial charge in [-0.2, -0.15) is 4.68 Å². The molecule has 6 nitrogen and oxygen atoms in total. The summed E-state index contributed by atoms with van der Waals surface area (Å²) in [6.45, 7) is 2.33. The maximum Gasteiger partial charge on any atom is 0.271 e. The molecule has 0 atom stereocenters. The van der Waals surface area contributed by atoms with Crippen LogP contribution in [0.5, 0.6) is 0 Å². The zero-order chi connectivity index (χ0) is 20.4. The minimum atomic E-state index is -0.371. The molecular weight excluding hydrogens is 439 g/mol. The minimum Gasteiger partial charge on any atom is -0.352 e. The summed E-state index contributed by atoms with van der Waals surface area (Å²) >= 11 is 3.39. The number of anilines is 1. The Bertz CT molecular complexity index is 1090. The standard InChI is InChI=1S/C21H18BrFN4O2/c22-16-3-1-2-15(14-16)21(29)26-12-10-25(11-13-26)19-8-9-20(28)27(24-19)18-6-4-17(23)5-7-18/h1-9,14H,10-13H2. The molecule has 2 aromatic carbocycles. The summed E-state index contributed by atoms with van der Waals surface area (Å²) in [5.74, 6) is 0.267. The number of nitrogens with zero attached hydrogens (tertiary/aromatic N) is 4. The average Bonchev–Trinajstić information content (AvgIpc) is 2.74. The quantitative estimate of drug-likeness (QED) is 0.607. The minimum absolute atomic E-state index is 0.00445. The molecule has 1 amide bonds. The van der Waals surface area contributed by atoms with Gasteiger partial charge in [0.1, 0.15) is 11.6 Å². The van der Waals surface area contributed by atoms with Crippen molar-refractivity contribution in [3.05, 3.63) is 86.9 Å². The normalized spacial score (nSPS) is 14.1. The summed E-state index contributed by atoms with van der Waals surface area (Å²) in [6, 6.07) is 16.1. The van der Waals surface area contributed by atoms with Crippen molar-refractivity contribution in [3.63, 3.8) is 0 Å². The molecule has 0 radical (unpaired) electrons. The fraction of sp³-hybridized carbons (Fsp3) is 0.190. The third-order valence-electron chi connectivity index (χ3n) is 4.82. The van der Waals surface area contributed by atoms with Crippen molar-refractivity contribution < 1.29 is 9.18 Å². The van der Waals surface area contributed by atoms with Crippen LogP contribution in [0.2, 0.25) is 0 Å². The van der Waals surface area contributed by atoms with Crippen molar-refractivity contribution in [1.29, 1.82) is 0 Å². The van der Waals surface area contributed by atoms with Crippen LogP contribution < -0.4 is 10.5 Å². The second-order valence-electron chi connectivity index (χ2n) is 6.71. The Hall–Kier alpha value is -3.00. The van der Waals surface area contributed by atoms with Gasteiger partial charge in [-0.15, -0.1) is 5.10 Å². The summed E-state index contributed by atoms with van der Waals surface area (Å²) in [4.78, 5) is 28.7. The van der Waals surface area contributed by atoms with E-state index >= 15 is 0 Å². The molecule has 3 aromatic rings. The van der Waals surface area contributed by atoms with E-state index in [9.17, 15) is 14.0 Å². The molecule has 0 bridgehead atoms. The molecule has 0 aliphatic carbocycles. The highest BCUT2D eigenvalue weighted by Gasteiger charge is 2.23. The number of aromatic nitrogens is 2. The van der Waals surface area contributed by atoms with Gasteiger partial charge in [0, 0.05) is 42.3 Å². The molecule has 2 heterocycles. The molecule has 148 valence electrons. The summed E-state index contributed by atoms with van der Waals surface area (Å²) in [5, 5.41) is 4.43. The van der Waals surface area contributed by atoms with E-state index in [2.05, 4.69) is 21.0 Å². The second-order valence-corrected chi connectivity index (χ2v) is 7.62. The van der Waals surface area contributed by atoms with Gasteiger partial charge in [-0.25, -0.2) is 4.39 Å². The van der Waals surface area contributed by atoms with Crippen molar-refractivity contribution in [2.45, 2.75) is 0 Å². The molecule has 29 heavy (non-hydrogen) atoms. The molecule has 8 heteroatoms. The van der Waals surface area contributed by atoms with E-state index in [0.29, 0.717) is 43.2 Å². The first-order valence-corrected chi connectivity index (χ1v) is 9.97. The van der Waals surface area contributed by atoms with Gasteiger partial charge in [0.15, 0.2) is 0 Å². The van der Waals surface area contributed by atoms with Gasteiger partial charge >= 0.3 is 0 Å². The molecular formula is C21H18BrFN4O2. The number of rotatable bonds is 3. The molecule has 0 N–H and O–H groups in total. The van der Waals surface area contributed by atoms with E-state index in [4.69, 9.17) is 0 Å². The number of carbonyl (C=O) groups excluding carboxylic acids is 1. The zero-order valence-electron chi connectivity index (χ0n) is 15.5. The number of benzene rings is 2. The summed E-state index contributed by atoms with van der Waals surface area (Å²) in [7, 11) is 0. The monoisotopic (exact) mass is 456 g/mol. The van der Waals surface area contributed by atoms with Crippen LogP contribution in [0.4, 0.5) is 10.2 Å². The Kier molecular flexibility index (Phi) is 5.44. The van der Waals surface area contributed by atoms with E-state index in [-0.39, 0.29) is 17.3 Å². The number of amides is 1. The third-order valence-corrected chi connectivity index (χ3v) is 5.31. The number of carbonyl (C=O) groups is 1. The zero-order valence-corrected chi connectivity index (χ0v) is 17.0. The highest BCUT2D eigenvalue weighted by Crippen LogP contribution is 2.17. The lowest BCUT2D eigenvalue weighted by Gasteiger charge is -2.35. The average molecular weight is 457 g/mol. The molecule has 0 saturated carbocycles. The van der Waals surface area contributed by atoms with Crippen molar-refractivity contribution in [2.75, 3.05) is 31.1 Å². The maximum absolute atomic E-state index is 13.2. The van der Waals surface area contributed by atoms with Gasteiger partial charge in [-0.05, 0) is 48.5 Å². The Balaban J connectivity index is 1.49. The van der Waals surface area contributed by atoms with Gasteiger partial charge in [-0.3, -0.25) is 9.59 Å². The van der Waals surface area contributed by atoms with Crippen LogP contribution >= 0.6 is 15.9 Å². The molecule has 1 saturated heterocycles. The van der Waals surface area contributed by atoms with Crippen LogP contribution in [0.1, 0.15) is 10.4 Å². The lowest BCUT2D eigenvalue weighted by molar-refractivity contribution is 0.0746. The Labute approximate surface area is 175 Å². The second kappa shape index (κ2) is 8.16. The fourth-order valence-electron chi connectivity index (χ4n) is 3.28. The first-order valence-electron chi connectivity index (χ1n) is 9.17. The smallest absolute Gasteiger partial charge is 0.271 e. The number of hydrogen-bond donors (Lipinski definition) is 0. The first kappa shape index (κ1) is 19.3. The Morgan fingerprint density at radius 3 is 2.38 bits per heavy atom. The van der Waals surface area contributed by atoms with Gasteiger partial charge in [-0.1, -0.05) is 22.0 Å². The predicted octanol–water partition coefficient (Wildman–Crippen LogP) is 3.10. The van der Waals surface area contributed by atoms with Gasteiger partial charge in [0.25, 0.3) is 11.5 Å². The lowest BCUT2D eigenvalue weighted by atomic mass is 10.2. The van der Waals surface area contributed by atoms with Crippen LogP contribution in [0.15, 0.2) is 69.9 Å². The highest BCUT2D eigenvalue weighted by atomic mass is 79.9. The summed E-state index contributed by atoms with van der Waals surface area (Å²) in [5.41, 5.74) is 0.862.